The van der Waals surface area contributed by atoms with E-state index in [0.29, 0.717) is 36.1 Å². The van der Waals surface area contributed by atoms with Crippen LogP contribution >= 0.6 is 11.6 Å². The van der Waals surface area contributed by atoms with Gasteiger partial charge >= 0.3 is 0 Å². The number of amides is 1. The molecule has 2 N–H and O–H groups in total. The molecule has 0 saturated heterocycles. The van der Waals surface area contributed by atoms with Gasteiger partial charge in [-0.3, -0.25) is 4.79 Å². The van der Waals surface area contributed by atoms with E-state index in [-0.39, 0.29) is 11.9 Å². The van der Waals surface area contributed by atoms with Crippen molar-refractivity contribution in [2.45, 2.75) is 19.9 Å². The quantitative estimate of drug-likeness (QED) is 0.685. The van der Waals surface area contributed by atoms with Crippen molar-refractivity contribution in [2.75, 3.05) is 33.4 Å². The minimum atomic E-state index is -0.199. The summed E-state index contributed by atoms with van der Waals surface area (Å²) in [5, 5.41) is 6.60. The Hall–Kier alpha value is -1.30. The lowest BCUT2D eigenvalue weighted by atomic mass is 10.2. The highest BCUT2D eigenvalue weighted by Gasteiger charge is 2.14. The highest BCUT2D eigenvalue weighted by atomic mass is 35.5. The number of hydrogen-bond donors (Lipinski definition) is 2. The fourth-order valence-corrected chi connectivity index (χ4v) is 1.97. The van der Waals surface area contributed by atoms with Gasteiger partial charge in [0.25, 0.3) is 5.91 Å². The van der Waals surface area contributed by atoms with Crippen LogP contribution in [-0.2, 0) is 4.74 Å². The monoisotopic (exact) mass is 314 g/mol. The second-order valence-corrected chi connectivity index (χ2v) is 5.09. The van der Waals surface area contributed by atoms with Gasteiger partial charge in [-0.1, -0.05) is 18.5 Å². The Kier molecular flexibility index (Phi) is 8.12. The molecule has 0 aliphatic heterocycles. The number of likely N-dealkylation sites (N-methyl/N-ethyl adjacent to an activating group) is 1. The largest absolute Gasteiger partial charge is 0.490 e. The fraction of sp³-hybridized carbons (Fsp3) is 0.533. The number of hydrogen-bond acceptors (Lipinski definition) is 4. The molecular weight excluding hydrogens is 292 g/mol. The van der Waals surface area contributed by atoms with Crippen LogP contribution in [0.1, 0.15) is 24.2 Å². The number of nitrogens with one attached hydrogen (secondary N) is 2. The van der Waals surface area contributed by atoms with Gasteiger partial charge in [0.05, 0.1) is 12.2 Å². The molecule has 0 aromatic heterocycles. The van der Waals surface area contributed by atoms with Crippen LogP contribution in [0.2, 0.25) is 5.02 Å². The maximum atomic E-state index is 12.3. The zero-order chi connectivity index (χ0) is 15.7. The topological polar surface area (TPSA) is 59.6 Å². The number of benzene rings is 1. The summed E-state index contributed by atoms with van der Waals surface area (Å²) >= 11 is 5.96. The Morgan fingerprint density at radius 3 is 2.81 bits per heavy atom. The standard InChI is InChI=1S/C15H23ClN2O3/c1-4-17-11(2)10-18-15(19)13-9-12(16)5-6-14(13)21-8-7-20-3/h5-6,9,11,17H,4,7-8,10H2,1-3H3,(H,18,19)/t11-/m1/s1. The van der Waals surface area contributed by atoms with Crippen LogP contribution in [0.4, 0.5) is 0 Å². The summed E-state index contributed by atoms with van der Waals surface area (Å²) in [5.74, 6) is 0.305. The first-order valence-electron chi connectivity index (χ1n) is 7.01. The lowest BCUT2D eigenvalue weighted by Crippen LogP contribution is -2.38. The average molecular weight is 315 g/mol. The van der Waals surface area contributed by atoms with E-state index in [9.17, 15) is 4.79 Å². The number of rotatable bonds is 9. The van der Waals surface area contributed by atoms with Crippen molar-refractivity contribution in [3.05, 3.63) is 28.8 Å². The number of methoxy groups -OCH3 is 1. The zero-order valence-electron chi connectivity index (χ0n) is 12.7. The molecule has 1 aromatic rings. The maximum Gasteiger partial charge on any atom is 0.255 e. The molecule has 1 atom stereocenters. The number of carbonyl (C=O) groups excluding carboxylic acids is 1. The van der Waals surface area contributed by atoms with Crippen LogP contribution in [0.25, 0.3) is 0 Å². The van der Waals surface area contributed by atoms with Crippen LogP contribution in [0.3, 0.4) is 0 Å². The SMILES string of the molecule is CCN[C@H](C)CNC(=O)c1cc(Cl)ccc1OCCOC. The van der Waals surface area contributed by atoms with Crippen molar-refractivity contribution in [3.63, 3.8) is 0 Å². The van der Waals surface area contributed by atoms with Crippen LogP contribution in [-0.4, -0.2) is 45.4 Å². The molecule has 0 radical (unpaired) electrons. The molecule has 0 saturated carbocycles. The van der Waals surface area contributed by atoms with Gasteiger partial charge in [0.15, 0.2) is 0 Å². The molecule has 1 amide bonds. The molecule has 0 bridgehead atoms. The average Bonchev–Trinajstić information content (AvgIpc) is 2.46. The summed E-state index contributed by atoms with van der Waals surface area (Å²) < 4.78 is 10.5. The van der Waals surface area contributed by atoms with Gasteiger partial charge in [0, 0.05) is 24.7 Å². The van der Waals surface area contributed by atoms with Crippen molar-refractivity contribution >= 4 is 17.5 Å². The van der Waals surface area contributed by atoms with E-state index >= 15 is 0 Å². The lowest BCUT2D eigenvalue weighted by molar-refractivity contribution is 0.0942. The van der Waals surface area contributed by atoms with Gasteiger partial charge in [-0.05, 0) is 31.7 Å². The van der Waals surface area contributed by atoms with Gasteiger partial charge in [-0.2, -0.15) is 0 Å². The fourth-order valence-electron chi connectivity index (χ4n) is 1.80. The molecule has 6 heteroatoms. The molecule has 0 spiro atoms. The van der Waals surface area contributed by atoms with E-state index in [0.717, 1.165) is 6.54 Å². The Morgan fingerprint density at radius 2 is 2.14 bits per heavy atom. The molecule has 118 valence electrons. The minimum absolute atomic E-state index is 0.199. The second-order valence-electron chi connectivity index (χ2n) is 4.65. The van der Waals surface area contributed by atoms with Crippen molar-refractivity contribution in [2.24, 2.45) is 0 Å². The Bertz CT molecular complexity index is 455. The first kappa shape index (κ1) is 17.8. The molecule has 0 heterocycles. The summed E-state index contributed by atoms with van der Waals surface area (Å²) in [5.41, 5.74) is 0.433. The van der Waals surface area contributed by atoms with E-state index in [2.05, 4.69) is 10.6 Å². The van der Waals surface area contributed by atoms with E-state index in [1.165, 1.54) is 0 Å². The molecule has 0 aliphatic rings. The van der Waals surface area contributed by atoms with Gasteiger partial charge < -0.3 is 20.1 Å². The number of halogens is 1. The zero-order valence-corrected chi connectivity index (χ0v) is 13.5. The molecule has 0 unspecified atom stereocenters. The van der Waals surface area contributed by atoms with Crippen LogP contribution in [0.5, 0.6) is 5.75 Å². The molecule has 0 aliphatic carbocycles. The predicted molar refractivity (Wildman–Crippen MR) is 84.3 cm³/mol. The highest BCUT2D eigenvalue weighted by molar-refractivity contribution is 6.31. The number of ether oxygens (including phenoxy) is 2. The highest BCUT2D eigenvalue weighted by Crippen LogP contribution is 2.22. The molecular formula is C15H23ClN2O3. The smallest absolute Gasteiger partial charge is 0.255 e. The van der Waals surface area contributed by atoms with Gasteiger partial charge in [-0.25, -0.2) is 0 Å². The maximum absolute atomic E-state index is 12.3. The van der Waals surface area contributed by atoms with E-state index < -0.39 is 0 Å². The van der Waals surface area contributed by atoms with Crippen molar-refractivity contribution in [3.8, 4) is 5.75 Å². The second kappa shape index (κ2) is 9.60. The third kappa shape index (κ3) is 6.33. The third-order valence-corrected chi connectivity index (χ3v) is 3.09. The summed E-state index contributed by atoms with van der Waals surface area (Å²) in [6.07, 6.45) is 0. The summed E-state index contributed by atoms with van der Waals surface area (Å²) in [4.78, 5) is 12.3. The van der Waals surface area contributed by atoms with Gasteiger partial charge in [0.1, 0.15) is 12.4 Å². The minimum Gasteiger partial charge on any atom is -0.490 e. The van der Waals surface area contributed by atoms with Crippen LogP contribution in [0, 0.1) is 0 Å². The molecule has 1 aromatic carbocycles. The summed E-state index contributed by atoms with van der Waals surface area (Å²) in [6.45, 7) is 6.28. The van der Waals surface area contributed by atoms with Crippen molar-refractivity contribution < 1.29 is 14.3 Å². The molecule has 5 nitrogen and oxygen atoms in total. The molecule has 1 rings (SSSR count). The molecule has 21 heavy (non-hydrogen) atoms. The van der Waals surface area contributed by atoms with Gasteiger partial charge in [0.2, 0.25) is 0 Å². The first-order valence-corrected chi connectivity index (χ1v) is 7.39. The Morgan fingerprint density at radius 1 is 1.38 bits per heavy atom. The van der Waals surface area contributed by atoms with E-state index in [1.807, 2.05) is 13.8 Å². The normalized spacial score (nSPS) is 12.0. The Balaban J connectivity index is 2.69. The van der Waals surface area contributed by atoms with Crippen LogP contribution < -0.4 is 15.4 Å². The van der Waals surface area contributed by atoms with Crippen LogP contribution in [0.15, 0.2) is 18.2 Å². The summed E-state index contributed by atoms with van der Waals surface area (Å²) in [7, 11) is 1.60. The van der Waals surface area contributed by atoms with Gasteiger partial charge in [-0.15, -0.1) is 0 Å². The number of carbonyl (C=O) groups is 1. The lowest BCUT2D eigenvalue weighted by Gasteiger charge is -2.15. The van der Waals surface area contributed by atoms with Crippen molar-refractivity contribution in [1.82, 2.24) is 10.6 Å². The third-order valence-electron chi connectivity index (χ3n) is 2.85. The van der Waals surface area contributed by atoms with E-state index in [1.54, 1.807) is 25.3 Å². The predicted octanol–water partition coefficient (Wildman–Crippen LogP) is 2.09. The van der Waals surface area contributed by atoms with E-state index in [4.69, 9.17) is 21.1 Å². The Labute approximate surface area is 131 Å². The summed E-state index contributed by atoms with van der Waals surface area (Å²) in [6, 6.07) is 5.20. The molecule has 0 fully saturated rings. The van der Waals surface area contributed by atoms with Crippen molar-refractivity contribution in [1.29, 1.82) is 0 Å². The first-order chi connectivity index (χ1) is 10.1.